The number of aromatic nitrogens is 2. The standard InChI is InChI=1S/C30H32ClN3O8/c1-15-6-5-7-19(31)23(15)27(36)32-20(29(38)42-22-14-41-25-21(35)13-40-26(22)25)12-17-8-10-18(11-9-17)24-16(2)33(3)30(39)34(4)28(24)37/h5-11,20-22,25-26,35H,12-14H2,1-4H3,(H,32,36)/t20?,21-,22?,25+,26+/m0/s1. The topological polar surface area (TPSA) is 138 Å². The summed E-state index contributed by atoms with van der Waals surface area (Å²) in [7, 11) is 3.03. The number of carbonyl (C=O) groups is 2. The maximum atomic E-state index is 13.5. The molecule has 12 heteroatoms. The van der Waals surface area contributed by atoms with Gasteiger partial charge in [0.25, 0.3) is 11.5 Å². The molecule has 1 amide bonds. The SMILES string of the molecule is Cc1cccc(Cl)c1C(=O)NC(Cc1ccc(-c2c(C)n(C)c(=O)n(C)c2=O)cc1)C(=O)OC1CO[C@H]2[C@@H]1OC[C@@H]2O. The van der Waals surface area contributed by atoms with Gasteiger partial charge >= 0.3 is 11.7 Å². The summed E-state index contributed by atoms with van der Waals surface area (Å²) in [5.41, 5.74) is 2.27. The summed E-state index contributed by atoms with van der Waals surface area (Å²) in [6.45, 7) is 3.59. The lowest BCUT2D eigenvalue weighted by atomic mass is 9.99. The van der Waals surface area contributed by atoms with Crippen molar-refractivity contribution in [3.05, 3.63) is 90.7 Å². The molecule has 3 heterocycles. The van der Waals surface area contributed by atoms with Crippen LogP contribution in [0.25, 0.3) is 11.1 Å². The second kappa shape index (κ2) is 11.8. The van der Waals surface area contributed by atoms with Crippen LogP contribution in [-0.4, -0.2) is 69.8 Å². The first-order valence-corrected chi connectivity index (χ1v) is 13.9. The van der Waals surface area contributed by atoms with Crippen molar-refractivity contribution < 1.29 is 28.9 Å². The lowest BCUT2D eigenvalue weighted by molar-refractivity contribution is -0.156. The summed E-state index contributed by atoms with van der Waals surface area (Å²) in [6.07, 6.45) is -2.65. The third kappa shape index (κ3) is 5.52. The highest BCUT2D eigenvalue weighted by Gasteiger charge is 2.49. The zero-order valence-electron chi connectivity index (χ0n) is 23.6. The summed E-state index contributed by atoms with van der Waals surface area (Å²) >= 11 is 6.31. The Morgan fingerprint density at radius 1 is 1.05 bits per heavy atom. The number of nitrogens with zero attached hydrogens (tertiary/aromatic N) is 2. The van der Waals surface area contributed by atoms with E-state index in [-0.39, 0.29) is 30.2 Å². The normalized spacial score (nSPS) is 22.0. The van der Waals surface area contributed by atoms with E-state index in [9.17, 15) is 24.3 Å². The second-order valence-electron chi connectivity index (χ2n) is 10.7. The molecule has 2 aliphatic rings. The molecule has 11 nitrogen and oxygen atoms in total. The number of hydrogen-bond acceptors (Lipinski definition) is 8. The Morgan fingerprint density at radius 2 is 1.74 bits per heavy atom. The first-order valence-electron chi connectivity index (χ1n) is 13.5. The van der Waals surface area contributed by atoms with Gasteiger partial charge in [-0.25, -0.2) is 9.59 Å². The van der Waals surface area contributed by atoms with Gasteiger partial charge in [-0.15, -0.1) is 0 Å². The number of amides is 1. The van der Waals surface area contributed by atoms with Crippen LogP contribution in [-0.2, 0) is 39.5 Å². The van der Waals surface area contributed by atoms with E-state index in [2.05, 4.69) is 5.32 Å². The van der Waals surface area contributed by atoms with Crippen LogP contribution >= 0.6 is 11.6 Å². The maximum Gasteiger partial charge on any atom is 0.330 e. The zero-order chi connectivity index (χ0) is 30.3. The van der Waals surface area contributed by atoms with Gasteiger partial charge in [0.1, 0.15) is 24.4 Å². The molecular weight excluding hydrogens is 566 g/mol. The molecule has 42 heavy (non-hydrogen) atoms. The lowest BCUT2D eigenvalue weighted by Crippen LogP contribution is -2.46. The van der Waals surface area contributed by atoms with Crippen molar-refractivity contribution in [3.8, 4) is 11.1 Å². The summed E-state index contributed by atoms with van der Waals surface area (Å²) in [5, 5.41) is 13.1. The molecule has 0 aliphatic carbocycles. The van der Waals surface area contributed by atoms with E-state index < -0.39 is 53.6 Å². The number of nitrogens with one attached hydrogen (secondary N) is 1. The van der Waals surface area contributed by atoms with E-state index in [4.69, 9.17) is 25.8 Å². The van der Waals surface area contributed by atoms with Crippen molar-refractivity contribution >= 4 is 23.5 Å². The molecule has 5 atom stereocenters. The highest BCUT2D eigenvalue weighted by molar-refractivity contribution is 6.34. The van der Waals surface area contributed by atoms with Crippen LogP contribution < -0.4 is 16.6 Å². The van der Waals surface area contributed by atoms with Gasteiger partial charge in [-0.1, -0.05) is 48.0 Å². The molecule has 2 N–H and O–H groups in total. The minimum atomic E-state index is -1.10. The van der Waals surface area contributed by atoms with E-state index >= 15 is 0 Å². The van der Waals surface area contributed by atoms with Crippen LogP contribution in [0.1, 0.15) is 27.2 Å². The number of carbonyl (C=O) groups excluding carboxylic acids is 2. The Kier molecular flexibility index (Phi) is 8.38. The third-order valence-electron chi connectivity index (χ3n) is 7.93. The van der Waals surface area contributed by atoms with Crippen molar-refractivity contribution in [2.24, 2.45) is 14.1 Å². The Morgan fingerprint density at radius 3 is 2.43 bits per heavy atom. The quantitative estimate of drug-likeness (QED) is 0.390. The molecule has 0 spiro atoms. The molecular formula is C30H32ClN3O8. The number of aliphatic hydroxyl groups excluding tert-OH is 1. The van der Waals surface area contributed by atoms with Gasteiger partial charge in [-0.3, -0.25) is 14.2 Å². The highest BCUT2D eigenvalue weighted by atomic mass is 35.5. The molecule has 2 aromatic carbocycles. The Balaban J connectivity index is 1.41. The van der Waals surface area contributed by atoms with Crippen molar-refractivity contribution in [1.29, 1.82) is 0 Å². The van der Waals surface area contributed by atoms with Crippen LogP contribution in [0.4, 0.5) is 0 Å². The Bertz CT molecular complexity index is 1630. The van der Waals surface area contributed by atoms with Crippen LogP contribution in [0.15, 0.2) is 52.1 Å². The predicted molar refractivity (Wildman–Crippen MR) is 154 cm³/mol. The summed E-state index contributed by atoms with van der Waals surface area (Å²) in [5.74, 6) is -1.23. The molecule has 5 rings (SSSR count). The highest BCUT2D eigenvalue weighted by Crippen LogP contribution is 2.29. The monoisotopic (exact) mass is 597 g/mol. The minimum Gasteiger partial charge on any atom is -0.455 e. The minimum absolute atomic E-state index is 0.0605. The molecule has 2 unspecified atom stereocenters. The average Bonchev–Trinajstić information content (AvgIpc) is 3.53. The van der Waals surface area contributed by atoms with E-state index in [0.717, 1.165) is 4.57 Å². The molecule has 0 bridgehead atoms. The van der Waals surface area contributed by atoms with Gasteiger partial charge in [-0.2, -0.15) is 0 Å². The predicted octanol–water partition coefficient (Wildman–Crippen LogP) is 1.43. The largest absolute Gasteiger partial charge is 0.455 e. The number of hydrogen-bond donors (Lipinski definition) is 2. The fraction of sp³-hybridized carbons (Fsp3) is 0.400. The van der Waals surface area contributed by atoms with Crippen molar-refractivity contribution in [2.75, 3.05) is 13.2 Å². The van der Waals surface area contributed by atoms with Crippen LogP contribution in [0, 0.1) is 13.8 Å². The second-order valence-corrected chi connectivity index (χ2v) is 11.1. The van der Waals surface area contributed by atoms with Crippen LogP contribution in [0.5, 0.6) is 0 Å². The van der Waals surface area contributed by atoms with Gasteiger partial charge in [0.15, 0.2) is 6.10 Å². The first-order chi connectivity index (χ1) is 20.0. The van der Waals surface area contributed by atoms with E-state index in [1.807, 2.05) is 0 Å². The molecule has 2 saturated heterocycles. The van der Waals surface area contributed by atoms with E-state index in [0.29, 0.717) is 27.9 Å². The number of fused-ring (bicyclic) bond motifs is 1. The number of aliphatic hydroxyl groups is 1. The number of aryl methyl sites for hydroxylation is 1. The lowest BCUT2D eigenvalue weighted by Gasteiger charge is -2.23. The third-order valence-corrected chi connectivity index (χ3v) is 8.24. The molecule has 2 fully saturated rings. The molecule has 0 radical (unpaired) electrons. The van der Waals surface area contributed by atoms with Crippen molar-refractivity contribution in [2.45, 2.75) is 50.7 Å². The van der Waals surface area contributed by atoms with Gasteiger partial charge in [0, 0.05) is 26.2 Å². The van der Waals surface area contributed by atoms with Gasteiger partial charge in [-0.05, 0) is 36.6 Å². The molecule has 3 aromatic rings. The zero-order valence-corrected chi connectivity index (χ0v) is 24.4. The van der Waals surface area contributed by atoms with Gasteiger partial charge < -0.3 is 29.2 Å². The van der Waals surface area contributed by atoms with E-state index in [1.165, 1.54) is 11.6 Å². The number of halogens is 1. The maximum absolute atomic E-state index is 13.5. The van der Waals surface area contributed by atoms with E-state index in [1.54, 1.807) is 63.4 Å². The van der Waals surface area contributed by atoms with Crippen molar-refractivity contribution in [1.82, 2.24) is 14.5 Å². The number of rotatable bonds is 7. The smallest absolute Gasteiger partial charge is 0.330 e. The Hall–Kier alpha value is -3.77. The molecule has 2 aliphatic heterocycles. The Labute approximate surface area is 246 Å². The molecule has 222 valence electrons. The number of benzene rings is 2. The number of esters is 1. The fourth-order valence-electron chi connectivity index (χ4n) is 5.44. The summed E-state index contributed by atoms with van der Waals surface area (Å²) in [4.78, 5) is 51.9. The summed E-state index contributed by atoms with van der Waals surface area (Å²) < 4.78 is 19.4. The molecule has 1 aromatic heterocycles. The van der Waals surface area contributed by atoms with Crippen LogP contribution in [0.2, 0.25) is 5.02 Å². The van der Waals surface area contributed by atoms with Crippen molar-refractivity contribution in [3.63, 3.8) is 0 Å². The molecule has 0 saturated carbocycles. The number of ether oxygens (including phenoxy) is 3. The first kappa shape index (κ1) is 29.7. The summed E-state index contributed by atoms with van der Waals surface area (Å²) in [6, 6.07) is 10.9. The van der Waals surface area contributed by atoms with Gasteiger partial charge in [0.05, 0.1) is 29.4 Å². The average molecular weight is 598 g/mol. The van der Waals surface area contributed by atoms with Crippen LogP contribution in [0.3, 0.4) is 0 Å². The van der Waals surface area contributed by atoms with Gasteiger partial charge in [0.2, 0.25) is 0 Å². The fourth-order valence-corrected chi connectivity index (χ4v) is 5.75.